The Morgan fingerprint density at radius 2 is 2.07 bits per heavy atom. The van der Waals surface area contributed by atoms with Crippen molar-refractivity contribution in [2.24, 2.45) is 11.7 Å². The fourth-order valence-electron chi connectivity index (χ4n) is 3.05. The van der Waals surface area contributed by atoms with Crippen LogP contribution in [0.4, 0.5) is 24.9 Å². The van der Waals surface area contributed by atoms with Gasteiger partial charge in [0.15, 0.2) is 11.4 Å². The number of carbonyl (C=O) groups is 1. The largest absolute Gasteiger partial charge is 0.490 e. The van der Waals surface area contributed by atoms with E-state index in [2.05, 4.69) is 14.9 Å². The van der Waals surface area contributed by atoms with E-state index in [1.165, 1.54) is 0 Å². The van der Waals surface area contributed by atoms with Crippen molar-refractivity contribution in [2.45, 2.75) is 12.6 Å². The van der Waals surface area contributed by atoms with Crippen LogP contribution in [0.3, 0.4) is 0 Å². The smallest absolute Gasteiger partial charge is 0.475 e. The molecule has 0 unspecified atom stereocenters. The highest BCUT2D eigenvalue weighted by Gasteiger charge is 2.38. The second-order valence-electron chi connectivity index (χ2n) is 6.47. The van der Waals surface area contributed by atoms with Gasteiger partial charge >= 0.3 is 12.1 Å². The van der Waals surface area contributed by atoms with E-state index in [1.807, 2.05) is 12.1 Å². The van der Waals surface area contributed by atoms with Gasteiger partial charge in [0.25, 0.3) is 0 Å². The highest BCUT2D eigenvalue weighted by molar-refractivity contribution is 6.31. The number of benzene rings is 1. The molecule has 0 amide bonds. The third-order valence-corrected chi connectivity index (χ3v) is 4.67. The van der Waals surface area contributed by atoms with Crippen LogP contribution in [0.1, 0.15) is 6.42 Å². The number of carboxylic acids is 1. The highest BCUT2D eigenvalue weighted by atomic mass is 35.5. The van der Waals surface area contributed by atoms with Crippen LogP contribution in [0.25, 0.3) is 22.1 Å². The number of alkyl halides is 3. The molecular weight excluding hydrogens is 415 g/mol. The number of anilines is 2. The number of nitrogens with two attached hydrogens (primary N) is 2. The fraction of sp³-hybridized carbons (Fsp3) is 0.353. The van der Waals surface area contributed by atoms with Gasteiger partial charge in [-0.25, -0.2) is 9.78 Å². The first-order chi connectivity index (χ1) is 13.6. The minimum absolute atomic E-state index is 0.237. The number of aliphatic carboxylic acids is 1. The molecule has 1 fully saturated rings. The average molecular weight is 432 g/mol. The highest BCUT2D eigenvalue weighted by Crippen LogP contribution is 2.36. The van der Waals surface area contributed by atoms with Crippen LogP contribution in [0.2, 0.25) is 5.02 Å². The summed E-state index contributed by atoms with van der Waals surface area (Å²) in [7, 11) is 0. The lowest BCUT2D eigenvalue weighted by Crippen LogP contribution is -2.24. The molecule has 1 aliphatic heterocycles. The molecule has 0 spiro atoms. The quantitative estimate of drug-likeness (QED) is 0.564. The van der Waals surface area contributed by atoms with Gasteiger partial charge in [-0.15, -0.1) is 0 Å². The molecule has 0 bridgehead atoms. The van der Waals surface area contributed by atoms with Crippen molar-refractivity contribution in [1.29, 1.82) is 0 Å². The number of carboxylic acid groups (broad SMARTS) is 1. The van der Waals surface area contributed by atoms with E-state index in [1.54, 1.807) is 6.07 Å². The van der Waals surface area contributed by atoms with Gasteiger partial charge < -0.3 is 25.9 Å². The Morgan fingerprint density at radius 1 is 1.38 bits per heavy atom. The summed E-state index contributed by atoms with van der Waals surface area (Å²) in [6.07, 6.45) is -4.03. The third-order valence-electron chi connectivity index (χ3n) is 4.43. The van der Waals surface area contributed by atoms with Crippen LogP contribution in [0.15, 0.2) is 22.6 Å². The second-order valence-corrected chi connectivity index (χ2v) is 6.90. The molecule has 8 nitrogen and oxygen atoms in total. The van der Waals surface area contributed by atoms with Gasteiger partial charge in [0.1, 0.15) is 11.1 Å². The lowest BCUT2D eigenvalue weighted by molar-refractivity contribution is -0.192. The average Bonchev–Trinajstić information content (AvgIpc) is 3.25. The molecule has 3 heterocycles. The second kappa shape index (κ2) is 7.91. The van der Waals surface area contributed by atoms with E-state index in [0.717, 1.165) is 36.3 Å². The zero-order chi connectivity index (χ0) is 21.3. The lowest BCUT2D eigenvalue weighted by Gasteiger charge is -2.17. The van der Waals surface area contributed by atoms with Crippen LogP contribution in [0, 0.1) is 5.92 Å². The van der Waals surface area contributed by atoms with Crippen molar-refractivity contribution >= 4 is 51.4 Å². The lowest BCUT2D eigenvalue weighted by atomic mass is 10.1. The Kier molecular flexibility index (Phi) is 5.71. The number of nitrogen functional groups attached to an aromatic ring is 1. The zero-order valence-electron chi connectivity index (χ0n) is 14.9. The first kappa shape index (κ1) is 20.9. The van der Waals surface area contributed by atoms with Gasteiger partial charge in [-0.3, -0.25) is 0 Å². The van der Waals surface area contributed by atoms with Crippen molar-refractivity contribution in [3.63, 3.8) is 0 Å². The molecule has 3 aromatic rings. The Labute approximate surface area is 167 Å². The summed E-state index contributed by atoms with van der Waals surface area (Å²) in [6, 6.07) is 5.47. The van der Waals surface area contributed by atoms with Gasteiger partial charge in [-0.1, -0.05) is 11.6 Å². The summed E-state index contributed by atoms with van der Waals surface area (Å²) in [6.45, 7) is 2.43. The monoisotopic (exact) mass is 431 g/mol. The number of halogens is 4. The number of rotatable bonds is 2. The normalized spacial score (nSPS) is 16.9. The molecule has 12 heteroatoms. The standard InChI is InChI=1S/C15H16ClN5O.C2HF3O2/c16-9-1-2-11-10(5-9)12-13(22-11)14(20-15(18)19-12)21-4-3-8(6-17)7-21;3-2(4,5)1(6)7/h1-2,5,8H,3-4,6-7,17H2,(H2,18,19,20);(H,6,7)/t8-;/m1./s1. The predicted octanol–water partition coefficient (Wildman–Crippen LogP) is 3.03. The van der Waals surface area contributed by atoms with Gasteiger partial charge in [-0.2, -0.15) is 18.2 Å². The van der Waals surface area contributed by atoms with Crippen LogP contribution in [-0.2, 0) is 4.79 Å². The molecule has 1 aromatic carbocycles. The van der Waals surface area contributed by atoms with E-state index in [4.69, 9.17) is 37.4 Å². The predicted molar refractivity (Wildman–Crippen MR) is 102 cm³/mol. The van der Waals surface area contributed by atoms with E-state index >= 15 is 0 Å². The van der Waals surface area contributed by atoms with Crippen LogP contribution >= 0.6 is 11.6 Å². The third kappa shape index (κ3) is 4.46. The maximum absolute atomic E-state index is 10.6. The maximum Gasteiger partial charge on any atom is 0.490 e. The van der Waals surface area contributed by atoms with Gasteiger partial charge in [0.2, 0.25) is 5.95 Å². The van der Waals surface area contributed by atoms with Crippen LogP contribution < -0.4 is 16.4 Å². The van der Waals surface area contributed by atoms with E-state index in [-0.39, 0.29) is 5.95 Å². The summed E-state index contributed by atoms with van der Waals surface area (Å²) in [5.41, 5.74) is 13.8. The molecule has 1 aliphatic rings. The summed E-state index contributed by atoms with van der Waals surface area (Å²) >= 11 is 6.08. The number of fused-ring (bicyclic) bond motifs is 3. The number of furan rings is 1. The molecule has 5 N–H and O–H groups in total. The molecule has 1 saturated heterocycles. The Hall–Kier alpha value is -2.79. The molecule has 2 aromatic heterocycles. The van der Waals surface area contributed by atoms with Crippen molar-refractivity contribution in [1.82, 2.24) is 9.97 Å². The first-order valence-corrected chi connectivity index (χ1v) is 8.88. The van der Waals surface area contributed by atoms with E-state index < -0.39 is 12.1 Å². The van der Waals surface area contributed by atoms with Crippen LogP contribution in [-0.4, -0.2) is 46.9 Å². The molecule has 1 atom stereocenters. The van der Waals surface area contributed by atoms with Gasteiger partial charge in [0, 0.05) is 23.5 Å². The van der Waals surface area contributed by atoms with Gasteiger partial charge in [0.05, 0.1) is 0 Å². The fourth-order valence-corrected chi connectivity index (χ4v) is 3.22. The van der Waals surface area contributed by atoms with Crippen molar-refractivity contribution in [2.75, 3.05) is 30.3 Å². The summed E-state index contributed by atoms with van der Waals surface area (Å²) < 4.78 is 37.7. The molecule has 0 aliphatic carbocycles. The first-order valence-electron chi connectivity index (χ1n) is 8.50. The van der Waals surface area contributed by atoms with E-state index in [0.29, 0.717) is 28.6 Å². The topological polar surface area (TPSA) is 132 Å². The van der Waals surface area contributed by atoms with Gasteiger partial charge in [-0.05, 0) is 37.1 Å². The molecule has 29 heavy (non-hydrogen) atoms. The summed E-state index contributed by atoms with van der Waals surface area (Å²) in [5, 5.41) is 8.62. The Balaban J connectivity index is 0.000000298. The Bertz CT molecular complexity index is 1060. The number of hydrogen-bond donors (Lipinski definition) is 3. The molecule has 156 valence electrons. The SMILES string of the molecule is NC[C@H]1CCN(c2nc(N)nc3c2oc2ccc(Cl)cc23)C1.O=C(O)C(F)(F)F. The van der Waals surface area contributed by atoms with Crippen molar-refractivity contribution in [3.05, 3.63) is 23.2 Å². The van der Waals surface area contributed by atoms with Crippen molar-refractivity contribution < 1.29 is 27.5 Å². The van der Waals surface area contributed by atoms with Crippen LogP contribution in [0.5, 0.6) is 0 Å². The molecule has 0 radical (unpaired) electrons. The van der Waals surface area contributed by atoms with Crippen molar-refractivity contribution in [3.8, 4) is 0 Å². The Morgan fingerprint density at radius 3 is 2.66 bits per heavy atom. The minimum atomic E-state index is -5.08. The summed E-state index contributed by atoms with van der Waals surface area (Å²) in [4.78, 5) is 19.8. The molecular formula is C17H17ClF3N5O3. The number of nitrogens with zero attached hydrogens (tertiary/aromatic N) is 3. The molecule has 0 saturated carbocycles. The van der Waals surface area contributed by atoms with E-state index in [9.17, 15) is 13.2 Å². The molecule has 4 rings (SSSR count). The minimum Gasteiger partial charge on any atom is -0.475 e. The number of hydrogen-bond acceptors (Lipinski definition) is 7. The maximum atomic E-state index is 10.6. The number of aromatic nitrogens is 2. The summed E-state index contributed by atoms with van der Waals surface area (Å²) in [5.74, 6) is -1.30. The zero-order valence-corrected chi connectivity index (χ0v) is 15.7.